The summed E-state index contributed by atoms with van der Waals surface area (Å²) in [6, 6.07) is 29.1. The van der Waals surface area contributed by atoms with Crippen molar-refractivity contribution in [2.75, 3.05) is 6.54 Å². The molecule has 3 atom stereocenters. The molecule has 2 aliphatic heterocycles. The molecule has 7 rings (SSSR count). The Hall–Kier alpha value is -5.62. The second-order valence-corrected chi connectivity index (χ2v) is 14.2. The van der Waals surface area contributed by atoms with Gasteiger partial charge in [-0.05, 0) is 83.0 Å². The molecule has 0 radical (unpaired) electrons. The highest BCUT2D eigenvalue weighted by atomic mass is 16.5. The van der Waals surface area contributed by atoms with E-state index in [0.29, 0.717) is 43.5 Å². The van der Waals surface area contributed by atoms with Crippen molar-refractivity contribution in [3.05, 3.63) is 130 Å². The van der Waals surface area contributed by atoms with Crippen molar-refractivity contribution in [2.24, 2.45) is 5.92 Å². The van der Waals surface area contributed by atoms with E-state index in [2.05, 4.69) is 11.4 Å². The van der Waals surface area contributed by atoms with Gasteiger partial charge >= 0.3 is 0 Å². The molecule has 1 aliphatic carbocycles. The standard InChI is InChI=1S/C43H44N4O5/c44-26-31-11-15-33(16-12-31)40(41(49)45-22-21-29-13-19-37(20-14-29)52-28-32-9-5-2-6-10-32)47-39(23-30-7-3-1-4-8-30)42(50)46-27-35-24-36(48)18-17-34(35)25-38(46)43(47)51/h2,5-6,9-20,24,30,38-40,48H,1,3-4,7-8,21-23,25,27-28H2,(H,45,49). The Morgan fingerprint density at radius 1 is 0.885 bits per heavy atom. The largest absolute Gasteiger partial charge is 0.508 e. The van der Waals surface area contributed by atoms with Crippen molar-refractivity contribution in [1.82, 2.24) is 15.1 Å². The van der Waals surface area contributed by atoms with E-state index in [0.717, 1.165) is 60.1 Å². The summed E-state index contributed by atoms with van der Waals surface area (Å²) in [5, 5.41) is 22.8. The number of ether oxygens (including phenoxy) is 1. The zero-order chi connectivity index (χ0) is 36.0. The predicted molar refractivity (Wildman–Crippen MR) is 196 cm³/mol. The number of nitrogens with zero attached hydrogens (tertiary/aromatic N) is 3. The minimum absolute atomic E-state index is 0.123. The van der Waals surface area contributed by atoms with Crippen LogP contribution < -0.4 is 10.1 Å². The van der Waals surface area contributed by atoms with Crippen LogP contribution in [0.5, 0.6) is 11.5 Å². The van der Waals surface area contributed by atoms with Crippen molar-refractivity contribution >= 4 is 17.7 Å². The number of nitrogens with one attached hydrogen (secondary N) is 1. The molecule has 4 aromatic carbocycles. The van der Waals surface area contributed by atoms with Gasteiger partial charge in [0, 0.05) is 19.5 Å². The normalized spacial score (nSPS) is 19.3. The van der Waals surface area contributed by atoms with Crippen molar-refractivity contribution in [3.63, 3.8) is 0 Å². The molecule has 9 nitrogen and oxygen atoms in total. The number of piperazine rings is 1. The first-order chi connectivity index (χ1) is 25.4. The van der Waals surface area contributed by atoms with Gasteiger partial charge in [0.05, 0.1) is 11.6 Å². The highest BCUT2D eigenvalue weighted by Gasteiger charge is 2.52. The Morgan fingerprint density at radius 3 is 2.37 bits per heavy atom. The number of phenols is 1. The fourth-order valence-electron chi connectivity index (χ4n) is 8.02. The topological polar surface area (TPSA) is 123 Å². The van der Waals surface area contributed by atoms with E-state index in [4.69, 9.17) is 4.74 Å². The monoisotopic (exact) mass is 696 g/mol. The lowest BCUT2D eigenvalue weighted by molar-refractivity contribution is -0.169. The van der Waals surface area contributed by atoms with Crippen molar-refractivity contribution in [3.8, 4) is 17.6 Å². The molecule has 3 aliphatic rings. The predicted octanol–water partition coefficient (Wildman–Crippen LogP) is 6.38. The summed E-state index contributed by atoms with van der Waals surface area (Å²) in [4.78, 5) is 47.0. The lowest BCUT2D eigenvalue weighted by Crippen LogP contribution is -2.67. The number of carbonyl (C=O) groups excluding carboxylic acids is 3. The van der Waals surface area contributed by atoms with E-state index in [1.807, 2.05) is 60.7 Å². The minimum Gasteiger partial charge on any atom is -0.508 e. The fourth-order valence-corrected chi connectivity index (χ4v) is 8.02. The van der Waals surface area contributed by atoms with Gasteiger partial charge in [-0.3, -0.25) is 14.4 Å². The van der Waals surface area contributed by atoms with E-state index in [-0.39, 0.29) is 35.9 Å². The lowest BCUT2D eigenvalue weighted by atomic mass is 9.81. The van der Waals surface area contributed by atoms with Crippen LogP contribution in [0.3, 0.4) is 0 Å². The Kier molecular flexibility index (Phi) is 10.5. The van der Waals surface area contributed by atoms with Gasteiger partial charge in [0.25, 0.3) is 0 Å². The summed E-state index contributed by atoms with van der Waals surface area (Å²) in [6.45, 7) is 1.03. The number of hydrogen-bond acceptors (Lipinski definition) is 6. The number of benzene rings is 4. The average molecular weight is 697 g/mol. The van der Waals surface area contributed by atoms with Gasteiger partial charge in [0.2, 0.25) is 17.7 Å². The van der Waals surface area contributed by atoms with E-state index >= 15 is 0 Å². The molecule has 2 N–H and O–H groups in total. The van der Waals surface area contributed by atoms with Crippen LogP contribution in [0.25, 0.3) is 0 Å². The van der Waals surface area contributed by atoms with Gasteiger partial charge in [-0.25, -0.2) is 0 Å². The molecule has 9 heteroatoms. The van der Waals surface area contributed by atoms with Crippen LogP contribution in [0.15, 0.2) is 97.1 Å². The smallest absolute Gasteiger partial charge is 0.247 e. The SMILES string of the molecule is N#Cc1ccc(C(C(=O)NCCc2ccc(OCc3ccccc3)cc2)N2C(=O)C3Cc4ccc(O)cc4CN3C(=O)C2CC2CCCCC2)cc1. The molecule has 4 aromatic rings. The summed E-state index contributed by atoms with van der Waals surface area (Å²) < 4.78 is 5.93. The van der Waals surface area contributed by atoms with Crippen LogP contribution in [-0.4, -0.2) is 51.3 Å². The number of aromatic hydroxyl groups is 1. The van der Waals surface area contributed by atoms with Crippen LogP contribution in [0.1, 0.15) is 77.9 Å². The number of nitriles is 1. The summed E-state index contributed by atoms with van der Waals surface area (Å²) >= 11 is 0. The maximum absolute atomic E-state index is 14.8. The second kappa shape index (κ2) is 15.7. The zero-order valence-electron chi connectivity index (χ0n) is 29.2. The first-order valence-electron chi connectivity index (χ1n) is 18.3. The first kappa shape index (κ1) is 34.8. The zero-order valence-corrected chi connectivity index (χ0v) is 29.2. The molecule has 3 amide bonds. The summed E-state index contributed by atoms with van der Waals surface area (Å²) in [6.07, 6.45) is 6.64. The molecule has 266 valence electrons. The number of carbonyl (C=O) groups is 3. The fraction of sp³-hybridized carbons (Fsp3) is 0.349. The molecule has 1 saturated heterocycles. The quantitative estimate of drug-likeness (QED) is 0.188. The molecular weight excluding hydrogens is 652 g/mol. The Labute approximate surface area is 304 Å². The van der Waals surface area contributed by atoms with E-state index in [1.54, 1.807) is 46.2 Å². The van der Waals surface area contributed by atoms with Gasteiger partial charge < -0.3 is 25.0 Å². The average Bonchev–Trinajstić information content (AvgIpc) is 3.18. The maximum Gasteiger partial charge on any atom is 0.247 e. The van der Waals surface area contributed by atoms with Crippen LogP contribution >= 0.6 is 0 Å². The summed E-state index contributed by atoms with van der Waals surface area (Å²) in [5.41, 5.74) is 4.84. The van der Waals surface area contributed by atoms with Crippen LogP contribution in [-0.2, 0) is 40.4 Å². The van der Waals surface area contributed by atoms with Crippen molar-refractivity contribution < 1.29 is 24.2 Å². The van der Waals surface area contributed by atoms with Crippen molar-refractivity contribution in [2.45, 2.75) is 82.6 Å². The molecule has 0 aromatic heterocycles. The van der Waals surface area contributed by atoms with Gasteiger partial charge in [0.15, 0.2) is 0 Å². The van der Waals surface area contributed by atoms with Gasteiger partial charge in [0.1, 0.15) is 36.2 Å². The van der Waals surface area contributed by atoms with Crippen LogP contribution in [0, 0.1) is 17.2 Å². The number of hydrogen-bond donors (Lipinski definition) is 2. The number of phenolic OH excluding ortho intramolecular Hbond substituents is 1. The van der Waals surface area contributed by atoms with Gasteiger partial charge in [-0.15, -0.1) is 0 Å². The molecule has 52 heavy (non-hydrogen) atoms. The first-order valence-corrected chi connectivity index (χ1v) is 18.3. The highest BCUT2D eigenvalue weighted by Crippen LogP contribution is 2.39. The molecule has 2 fully saturated rings. The van der Waals surface area contributed by atoms with Crippen molar-refractivity contribution in [1.29, 1.82) is 5.26 Å². The minimum atomic E-state index is -1.06. The van der Waals surface area contributed by atoms with Gasteiger partial charge in [-0.1, -0.05) is 92.8 Å². The molecule has 0 spiro atoms. The maximum atomic E-state index is 14.8. The Morgan fingerprint density at radius 2 is 1.63 bits per heavy atom. The summed E-state index contributed by atoms with van der Waals surface area (Å²) in [7, 11) is 0. The van der Waals surface area contributed by atoms with Crippen LogP contribution in [0.2, 0.25) is 0 Å². The molecule has 2 heterocycles. The van der Waals surface area contributed by atoms with E-state index < -0.39 is 18.1 Å². The van der Waals surface area contributed by atoms with Gasteiger partial charge in [-0.2, -0.15) is 5.26 Å². The third kappa shape index (κ3) is 7.67. The summed E-state index contributed by atoms with van der Waals surface area (Å²) in [5.74, 6) is 0.362. The number of fused-ring (bicyclic) bond motifs is 2. The van der Waals surface area contributed by atoms with E-state index in [9.17, 15) is 24.8 Å². The van der Waals surface area contributed by atoms with E-state index in [1.165, 1.54) is 0 Å². The lowest BCUT2D eigenvalue weighted by Gasteiger charge is -2.50. The Balaban J connectivity index is 1.13. The second-order valence-electron chi connectivity index (χ2n) is 14.2. The number of rotatable bonds is 11. The Bertz CT molecular complexity index is 1930. The van der Waals surface area contributed by atoms with Crippen LogP contribution in [0.4, 0.5) is 0 Å². The molecular formula is C43H44N4O5. The third-order valence-corrected chi connectivity index (χ3v) is 10.8. The number of amides is 3. The third-order valence-electron chi connectivity index (χ3n) is 10.8. The highest BCUT2D eigenvalue weighted by molar-refractivity contribution is 6.00. The molecule has 3 unspecified atom stereocenters. The molecule has 0 bridgehead atoms. The molecule has 1 saturated carbocycles.